The molecule has 0 aromatic heterocycles. The molecule has 6 unspecified atom stereocenters. The van der Waals surface area contributed by atoms with Crippen molar-refractivity contribution in [1.29, 1.82) is 0 Å². The molecule has 2 aromatic carbocycles. The summed E-state index contributed by atoms with van der Waals surface area (Å²) in [6.45, 7) is 4.12. The minimum Gasteiger partial charge on any atom is -0.494 e. The molecule has 0 spiro atoms. The van der Waals surface area contributed by atoms with Crippen LogP contribution in [0.25, 0.3) is 0 Å². The van der Waals surface area contributed by atoms with Gasteiger partial charge in [-0.2, -0.15) is 0 Å². The summed E-state index contributed by atoms with van der Waals surface area (Å²) >= 11 is 0. The van der Waals surface area contributed by atoms with Gasteiger partial charge in [0.1, 0.15) is 5.75 Å². The number of rotatable bonds is 13. The van der Waals surface area contributed by atoms with Crippen LogP contribution in [-0.4, -0.2) is 56.4 Å². The predicted octanol–water partition coefficient (Wildman–Crippen LogP) is 3.91. The Kier molecular flexibility index (Phi) is 9.90. The summed E-state index contributed by atoms with van der Waals surface area (Å²) in [6.07, 6.45) is 5.99. The van der Waals surface area contributed by atoms with Crippen molar-refractivity contribution in [1.82, 2.24) is 10.6 Å². The fourth-order valence-electron chi connectivity index (χ4n) is 6.00. The van der Waals surface area contributed by atoms with Gasteiger partial charge in [-0.3, -0.25) is 9.59 Å². The maximum atomic E-state index is 13.4. The third kappa shape index (κ3) is 7.85. The summed E-state index contributed by atoms with van der Waals surface area (Å²) in [5, 5.41) is 17.4. The molecule has 0 aliphatic heterocycles. The molecule has 8 nitrogen and oxygen atoms in total. The van der Waals surface area contributed by atoms with Crippen molar-refractivity contribution in [2.75, 3.05) is 12.9 Å². The van der Waals surface area contributed by atoms with Crippen molar-refractivity contribution in [2.24, 2.45) is 17.8 Å². The molecule has 2 bridgehead atoms. The summed E-state index contributed by atoms with van der Waals surface area (Å²) < 4.78 is 30.2. The Morgan fingerprint density at radius 1 is 1.10 bits per heavy atom. The van der Waals surface area contributed by atoms with Crippen molar-refractivity contribution >= 4 is 21.7 Å². The zero-order valence-electron chi connectivity index (χ0n) is 23.6. The summed E-state index contributed by atoms with van der Waals surface area (Å²) in [4.78, 5) is 26.4. The predicted molar refractivity (Wildman–Crippen MR) is 154 cm³/mol. The van der Waals surface area contributed by atoms with E-state index in [1.165, 1.54) is 37.5 Å². The van der Waals surface area contributed by atoms with E-state index in [0.29, 0.717) is 24.7 Å². The number of fused-ring (bicyclic) bond motifs is 2. The number of carbonyl (C=O) groups is 2. The molecule has 218 valence electrons. The minimum atomic E-state index is -3.59. The molecular weight excluding hydrogens is 528 g/mol. The molecule has 6 atom stereocenters. The van der Waals surface area contributed by atoms with Crippen molar-refractivity contribution in [2.45, 2.75) is 81.9 Å². The van der Waals surface area contributed by atoms with E-state index in [2.05, 4.69) is 10.6 Å². The first kappa shape index (κ1) is 30.1. The Balaban J connectivity index is 1.49. The molecule has 2 fully saturated rings. The van der Waals surface area contributed by atoms with Crippen LogP contribution in [0.15, 0.2) is 53.4 Å². The van der Waals surface area contributed by atoms with E-state index in [1.54, 1.807) is 6.92 Å². The Bertz CT molecular complexity index is 1280. The number of ether oxygens (including phenoxy) is 1. The molecule has 2 aliphatic rings. The fraction of sp³-hybridized carbons (Fsp3) is 0.548. The lowest BCUT2D eigenvalue weighted by atomic mass is 9.92. The third-order valence-electron chi connectivity index (χ3n) is 8.23. The Hall–Kier alpha value is -2.91. The van der Waals surface area contributed by atoms with Crippen LogP contribution in [0.4, 0.5) is 0 Å². The van der Waals surface area contributed by atoms with Gasteiger partial charge in [0.2, 0.25) is 5.91 Å². The molecule has 2 aliphatic carbocycles. The fourth-order valence-corrected chi connectivity index (χ4v) is 6.67. The monoisotopic (exact) mass is 570 g/mol. The van der Waals surface area contributed by atoms with Gasteiger partial charge in [0, 0.05) is 23.8 Å². The molecule has 2 aromatic rings. The molecule has 9 heteroatoms. The van der Waals surface area contributed by atoms with Gasteiger partial charge in [0.25, 0.3) is 5.91 Å². The van der Waals surface area contributed by atoms with Gasteiger partial charge < -0.3 is 20.5 Å². The molecule has 4 rings (SSSR count). The standard InChI is InChI=1S/C31H42N2O6S/c1-4-12-39-25-17-24(18-26(19-25)40(3,37)38)31(36)33-28(15-21-8-6-5-7-9-21)29(34)13-20(2)30(35)32-27-16-22-10-11-23(27)14-22/h5-9,17-20,22-23,27-29,34H,4,10-16H2,1-3H3,(H,32,35)(H,33,36). The van der Waals surface area contributed by atoms with Crippen LogP contribution in [0.1, 0.15) is 68.3 Å². The molecule has 0 heterocycles. The van der Waals surface area contributed by atoms with E-state index in [1.807, 2.05) is 37.3 Å². The zero-order chi connectivity index (χ0) is 28.9. The van der Waals surface area contributed by atoms with Crippen LogP contribution in [0.5, 0.6) is 5.75 Å². The SMILES string of the molecule is CCCOc1cc(C(=O)NC(Cc2ccccc2)C(O)CC(C)C(=O)NC2CC3CCC2C3)cc(S(C)(=O)=O)c1. The number of nitrogens with one attached hydrogen (secondary N) is 2. The second-order valence-electron chi connectivity index (χ2n) is 11.6. The average Bonchev–Trinajstić information content (AvgIpc) is 3.55. The van der Waals surface area contributed by atoms with Gasteiger partial charge in [-0.15, -0.1) is 0 Å². The van der Waals surface area contributed by atoms with Crippen LogP contribution in [0.2, 0.25) is 0 Å². The third-order valence-corrected chi connectivity index (χ3v) is 9.32. The van der Waals surface area contributed by atoms with Gasteiger partial charge in [0.15, 0.2) is 9.84 Å². The lowest BCUT2D eigenvalue weighted by Gasteiger charge is -2.28. The summed E-state index contributed by atoms with van der Waals surface area (Å²) in [5.74, 6) is 0.541. The topological polar surface area (TPSA) is 122 Å². The number of aliphatic hydroxyl groups excluding tert-OH is 1. The van der Waals surface area contributed by atoms with Crippen LogP contribution in [-0.2, 0) is 21.1 Å². The van der Waals surface area contributed by atoms with Crippen molar-refractivity contribution in [3.63, 3.8) is 0 Å². The number of aliphatic hydroxyl groups is 1. The van der Waals surface area contributed by atoms with E-state index < -0.39 is 33.8 Å². The lowest BCUT2D eigenvalue weighted by Crippen LogP contribution is -2.47. The van der Waals surface area contributed by atoms with Crippen molar-refractivity contribution < 1.29 is 27.9 Å². The van der Waals surface area contributed by atoms with E-state index in [4.69, 9.17) is 4.74 Å². The van der Waals surface area contributed by atoms with Crippen molar-refractivity contribution in [3.05, 3.63) is 59.7 Å². The number of sulfone groups is 1. The van der Waals surface area contributed by atoms with Gasteiger partial charge in [-0.1, -0.05) is 50.6 Å². The number of hydrogen-bond donors (Lipinski definition) is 3. The number of benzene rings is 2. The van der Waals surface area contributed by atoms with Gasteiger partial charge in [-0.25, -0.2) is 8.42 Å². The molecule has 40 heavy (non-hydrogen) atoms. The van der Waals surface area contributed by atoms with E-state index in [-0.39, 0.29) is 28.8 Å². The summed E-state index contributed by atoms with van der Waals surface area (Å²) in [6, 6.07) is 13.3. The normalized spacial score (nSPS) is 22.4. The molecule has 2 amide bonds. The highest BCUT2D eigenvalue weighted by Gasteiger charge is 2.40. The quantitative estimate of drug-likeness (QED) is 0.336. The molecular formula is C31H42N2O6S. The zero-order valence-corrected chi connectivity index (χ0v) is 24.5. The van der Waals surface area contributed by atoms with Gasteiger partial charge >= 0.3 is 0 Å². The first-order valence-electron chi connectivity index (χ1n) is 14.3. The first-order chi connectivity index (χ1) is 19.0. The maximum Gasteiger partial charge on any atom is 0.251 e. The average molecular weight is 571 g/mol. The highest BCUT2D eigenvalue weighted by molar-refractivity contribution is 7.90. The Labute approximate surface area is 237 Å². The van der Waals surface area contributed by atoms with E-state index in [9.17, 15) is 23.1 Å². The minimum absolute atomic E-state index is 0.0164. The second kappa shape index (κ2) is 13.2. The Morgan fingerprint density at radius 3 is 2.48 bits per heavy atom. The second-order valence-corrected chi connectivity index (χ2v) is 13.6. The molecule has 3 N–H and O–H groups in total. The van der Waals surface area contributed by atoms with E-state index in [0.717, 1.165) is 30.6 Å². The van der Waals surface area contributed by atoms with Gasteiger partial charge in [0.05, 0.1) is 23.6 Å². The first-order valence-corrected chi connectivity index (χ1v) is 16.2. The largest absolute Gasteiger partial charge is 0.494 e. The number of amides is 2. The van der Waals surface area contributed by atoms with E-state index >= 15 is 0 Å². The molecule has 2 saturated carbocycles. The molecule has 0 radical (unpaired) electrons. The van der Waals surface area contributed by atoms with Crippen LogP contribution >= 0.6 is 0 Å². The smallest absolute Gasteiger partial charge is 0.251 e. The van der Waals surface area contributed by atoms with Crippen LogP contribution in [0.3, 0.4) is 0 Å². The maximum absolute atomic E-state index is 13.4. The number of hydrogen-bond acceptors (Lipinski definition) is 6. The number of carbonyl (C=O) groups excluding carboxylic acids is 2. The molecule has 0 saturated heterocycles. The highest BCUT2D eigenvalue weighted by Crippen LogP contribution is 2.44. The van der Waals surface area contributed by atoms with Crippen LogP contribution in [0, 0.1) is 17.8 Å². The Morgan fingerprint density at radius 2 is 1.85 bits per heavy atom. The van der Waals surface area contributed by atoms with Crippen LogP contribution < -0.4 is 15.4 Å². The van der Waals surface area contributed by atoms with Gasteiger partial charge in [-0.05, 0) is 74.1 Å². The summed E-state index contributed by atoms with van der Waals surface area (Å²) in [7, 11) is -3.59. The lowest BCUT2D eigenvalue weighted by molar-refractivity contribution is -0.126. The highest BCUT2D eigenvalue weighted by atomic mass is 32.2. The van der Waals surface area contributed by atoms with Crippen molar-refractivity contribution in [3.8, 4) is 5.75 Å². The summed E-state index contributed by atoms with van der Waals surface area (Å²) in [5.41, 5.74) is 1.05.